The topological polar surface area (TPSA) is 32.3 Å². The van der Waals surface area contributed by atoms with Crippen LogP contribution in [0.2, 0.25) is 5.02 Å². The lowest BCUT2D eigenvalue weighted by Crippen LogP contribution is -2.52. The molecule has 2 aliphatic rings. The number of nitrogens with zero attached hydrogens (tertiary/aromatic N) is 1. The number of fused-ring (bicyclic) bond motifs is 1. The van der Waals surface area contributed by atoms with Gasteiger partial charge in [-0.25, -0.2) is 0 Å². The number of hydrogen-bond acceptors (Lipinski definition) is 2. The van der Waals surface area contributed by atoms with Gasteiger partial charge in [0.1, 0.15) is 5.66 Å². The second-order valence-electron chi connectivity index (χ2n) is 5.05. The molecule has 0 aromatic heterocycles. The number of hydrogen-bond donors (Lipinski definition) is 1. The Hall–Kier alpha value is -1.06. The molecule has 1 aromatic carbocycles. The normalized spacial score (nSPS) is 28.1. The molecule has 1 amide bonds. The van der Waals surface area contributed by atoms with Crippen LogP contribution in [-0.2, 0) is 10.5 Å². The van der Waals surface area contributed by atoms with E-state index in [2.05, 4.69) is 5.32 Å². The van der Waals surface area contributed by atoms with Crippen LogP contribution in [0.4, 0.5) is 0 Å². The van der Waals surface area contributed by atoms with E-state index >= 15 is 0 Å². The van der Waals surface area contributed by atoms with Crippen LogP contribution in [0, 0.1) is 0 Å². The highest BCUT2D eigenvalue weighted by atomic mass is 35.5. The van der Waals surface area contributed by atoms with Crippen LogP contribution in [0.25, 0.3) is 0 Å². The van der Waals surface area contributed by atoms with Crippen molar-refractivity contribution >= 4 is 17.5 Å². The molecule has 2 saturated heterocycles. The average molecular weight is 265 g/mol. The molecule has 0 aliphatic carbocycles. The first-order chi connectivity index (χ1) is 8.72. The number of nitrogens with one attached hydrogen (secondary N) is 1. The minimum absolute atomic E-state index is 0.263. The van der Waals surface area contributed by atoms with E-state index in [0.29, 0.717) is 6.42 Å². The van der Waals surface area contributed by atoms with Crippen LogP contribution in [0.3, 0.4) is 0 Å². The van der Waals surface area contributed by atoms with E-state index in [1.54, 1.807) is 0 Å². The fourth-order valence-corrected chi connectivity index (χ4v) is 3.21. The largest absolute Gasteiger partial charge is 0.320 e. The average Bonchev–Trinajstić information content (AvgIpc) is 2.59. The highest BCUT2D eigenvalue weighted by Crippen LogP contribution is 2.38. The lowest BCUT2D eigenvalue weighted by molar-refractivity contribution is -0.132. The first-order valence-corrected chi connectivity index (χ1v) is 6.92. The van der Waals surface area contributed by atoms with Crippen molar-refractivity contribution in [2.45, 2.75) is 31.3 Å². The van der Waals surface area contributed by atoms with Gasteiger partial charge in [-0.3, -0.25) is 10.1 Å². The number of carbonyl (C=O) groups is 1. The highest BCUT2D eigenvalue weighted by molar-refractivity contribution is 6.30. The van der Waals surface area contributed by atoms with Gasteiger partial charge in [0.05, 0.1) is 0 Å². The molecule has 2 fully saturated rings. The summed E-state index contributed by atoms with van der Waals surface area (Å²) in [6, 6.07) is 7.87. The molecule has 2 heterocycles. The molecular formula is C14H17ClN2O. The maximum absolute atomic E-state index is 12.1. The maximum Gasteiger partial charge on any atom is 0.224 e. The Morgan fingerprint density at radius 3 is 2.78 bits per heavy atom. The summed E-state index contributed by atoms with van der Waals surface area (Å²) in [7, 11) is 0. The van der Waals surface area contributed by atoms with Crippen molar-refractivity contribution in [1.82, 2.24) is 10.2 Å². The number of benzene rings is 1. The minimum atomic E-state index is -0.293. The predicted molar refractivity (Wildman–Crippen MR) is 71.3 cm³/mol. The fourth-order valence-electron chi connectivity index (χ4n) is 3.09. The number of amides is 1. The smallest absolute Gasteiger partial charge is 0.224 e. The third-order valence-electron chi connectivity index (χ3n) is 4.01. The van der Waals surface area contributed by atoms with Gasteiger partial charge in [-0.1, -0.05) is 23.7 Å². The van der Waals surface area contributed by atoms with Crippen molar-refractivity contribution in [2.75, 3.05) is 13.1 Å². The van der Waals surface area contributed by atoms with Crippen LogP contribution in [0.1, 0.15) is 31.2 Å². The second-order valence-corrected chi connectivity index (χ2v) is 5.48. The van der Waals surface area contributed by atoms with Gasteiger partial charge in [0.25, 0.3) is 0 Å². The minimum Gasteiger partial charge on any atom is -0.320 e. The number of rotatable bonds is 1. The van der Waals surface area contributed by atoms with E-state index in [-0.39, 0.29) is 11.6 Å². The summed E-state index contributed by atoms with van der Waals surface area (Å²) in [5.74, 6) is 0.263. The van der Waals surface area contributed by atoms with Gasteiger partial charge in [-0.05, 0) is 43.5 Å². The lowest BCUT2D eigenvalue weighted by atomic mass is 9.96. The summed E-state index contributed by atoms with van der Waals surface area (Å²) in [5.41, 5.74) is 0.859. The molecule has 4 heteroatoms. The molecule has 0 saturated carbocycles. The monoisotopic (exact) mass is 264 g/mol. The Morgan fingerprint density at radius 2 is 2.00 bits per heavy atom. The van der Waals surface area contributed by atoms with Crippen molar-refractivity contribution in [3.05, 3.63) is 34.9 Å². The zero-order valence-corrected chi connectivity index (χ0v) is 11.0. The molecular weight excluding hydrogens is 248 g/mol. The molecule has 1 N–H and O–H groups in total. The predicted octanol–water partition coefficient (Wildman–Crippen LogP) is 2.50. The fraction of sp³-hybridized carbons (Fsp3) is 0.500. The molecule has 1 aromatic rings. The van der Waals surface area contributed by atoms with E-state index in [0.717, 1.165) is 42.9 Å². The van der Waals surface area contributed by atoms with Gasteiger partial charge in [0.2, 0.25) is 5.91 Å². The summed E-state index contributed by atoms with van der Waals surface area (Å²) >= 11 is 5.95. The summed E-state index contributed by atoms with van der Waals surface area (Å²) in [6.45, 7) is 1.82. The van der Waals surface area contributed by atoms with Crippen LogP contribution >= 0.6 is 11.6 Å². The summed E-state index contributed by atoms with van der Waals surface area (Å²) < 4.78 is 0. The Morgan fingerprint density at radius 1 is 1.22 bits per heavy atom. The number of halogens is 1. The highest BCUT2D eigenvalue weighted by Gasteiger charge is 2.46. The SMILES string of the molecule is O=C1CCC2(c3ccc(Cl)cc3)NCCCCN12. The Kier molecular flexibility index (Phi) is 3.04. The van der Waals surface area contributed by atoms with Gasteiger partial charge in [-0.15, -0.1) is 0 Å². The summed E-state index contributed by atoms with van der Waals surface area (Å²) in [6.07, 6.45) is 3.69. The molecule has 2 aliphatic heterocycles. The van der Waals surface area contributed by atoms with E-state index in [1.165, 1.54) is 0 Å². The third-order valence-corrected chi connectivity index (χ3v) is 4.26. The van der Waals surface area contributed by atoms with Crippen molar-refractivity contribution in [2.24, 2.45) is 0 Å². The second kappa shape index (κ2) is 4.56. The zero-order chi connectivity index (χ0) is 12.6. The van der Waals surface area contributed by atoms with Gasteiger partial charge in [0.15, 0.2) is 0 Å². The molecule has 1 atom stereocenters. The molecule has 1 unspecified atom stereocenters. The van der Waals surface area contributed by atoms with Gasteiger partial charge in [-0.2, -0.15) is 0 Å². The third kappa shape index (κ3) is 1.82. The summed E-state index contributed by atoms with van der Waals surface area (Å²) in [5, 5.41) is 4.32. The lowest BCUT2D eigenvalue weighted by Gasteiger charge is -2.38. The van der Waals surface area contributed by atoms with Crippen molar-refractivity contribution in [1.29, 1.82) is 0 Å². The molecule has 18 heavy (non-hydrogen) atoms. The Balaban J connectivity index is 2.03. The number of carbonyl (C=O) groups excluding carboxylic acids is 1. The standard InChI is InChI=1S/C14H17ClN2O/c15-12-5-3-11(4-6-12)14-8-7-13(18)17(14)10-2-1-9-16-14/h3-6,16H,1-2,7-10H2. The van der Waals surface area contributed by atoms with Crippen LogP contribution in [0.5, 0.6) is 0 Å². The molecule has 96 valence electrons. The first-order valence-electron chi connectivity index (χ1n) is 6.54. The Labute approximate surface area is 112 Å². The molecule has 3 rings (SSSR count). The van der Waals surface area contributed by atoms with Gasteiger partial charge in [0, 0.05) is 18.0 Å². The quantitative estimate of drug-likeness (QED) is 0.845. The van der Waals surface area contributed by atoms with E-state index < -0.39 is 0 Å². The van der Waals surface area contributed by atoms with E-state index in [9.17, 15) is 4.79 Å². The van der Waals surface area contributed by atoms with E-state index in [1.807, 2.05) is 29.2 Å². The van der Waals surface area contributed by atoms with Crippen LogP contribution in [0.15, 0.2) is 24.3 Å². The maximum atomic E-state index is 12.1. The molecule has 3 nitrogen and oxygen atoms in total. The van der Waals surface area contributed by atoms with Crippen molar-refractivity contribution in [3.8, 4) is 0 Å². The first kappa shape index (κ1) is 12.0. The molecule has 0 radical (unpaired) electrons. The molecule has 0 bridgehead atoms. The van der Waals surface area contributed by atoms with E-state index in [4.69, 9.17) is 11.6 Å². The van der Waals surface area contributed by atoms with Crippen LogP contribution in [-0.4, -0.2) is 23.9 Å². The van der Waals surface area contributed by atoms with Crippen molar-refractivity contribution < 1.29 is 4.79 Å². The van der Waals surface area contributed by atoms with Gasteiger partial charge >= 0.3 is 0 Å². The Bertz CT molecular complexity index is 459. The zero-order valence-electron chi connectivity index (χ0n) is 10.3. The summed E-state index contributed by atoms with van der Waals surface area (Å²) in [4.78, 5) is 14.1. The van der Waals surface area contributed by atoms with Gasteiger partial charge < -0.3 is 4.90 Å². The van der Waals surface area contributed by atoms with Crippen LogP contribution < -0.4 is 5.32 Å². The van der Waals surface area contributed by atoms with Crippen molar-refractivity contribution in [3.63, 3.8) is 0 Å². The molecule has 0 spiro atoms.